The van der Waals surface area contributed by atoms with Gasteiger partial charge in [-0.3, -0.25) is 0 Å². The molecule has 66 valence electrons. The number of nitrogens with zero attached hydrogens (tertiary/aromatic N) is 1. The van der Waals surface area contributed by atoms with Crippen molar-refractivity contribution in [2.24, 2.45) is 0 Å². The van der Waals surface area contributed by atoms with Crippen LogP contribution in [0, 0.1) is 0 Å². The molecule has 1 aromatic rings. The minimum absolute atomic E-state index is 0.854. The van der Waals surface area contributed by atoms with Gasteiger partial charge in [-0.1, -0.05) is 13.0 Å². The average molecular weight is 229 g/mol. The van der Waals surface area contributed by atoms with Gasteiger partial charge < -0.3 is 5.32 Å². The maximum atomic E-state index is 4.30. The lowest BCUT2D eigenvalue weighted by Gasteiger charge is -2.01. The van der Waals surface area contributed by atoms with Gasteiger partial charge in [0.1, 0.15) is 4.60 Å². The van der Waals surface area contributed by atoms with E-state index in [0.717, 1.165) is 29.8 Å². The topological polar surface area (TPSA) is 24.9 Å². The van der Waals surface area contributed by atoms with Crippen LogP contribution in [0.5, 0.6) is 0 Å². The van der Waals surface area contributed by atoms with Crippen LogP contribution in [0.3, 0.4) is 0 Å². The molecule has 0 amide bonds. The molecule has 0 saturated carbocycles. The van der Waals surface area contributed by atoms with Gasteiger partial charge in [-0.25, -0.2) is 4.98 Å². The third-order valence-electron chi connectivity index (χ3n) is 1.51. The minimum atomic E-state index is 0.854. The molecule has 1 aromatic heterocycles. The lowest BCUT2D eigenvalue weighted by molar-refractivity contribution is 0.663. The molecule has 0 bridgehead atoms. The Labute approximate surface area is 81.5 Å². The number of aromatic nitrogens is 1. The average Bonchev–Trinajstić information content (AvgIpc) is 2.05. The van der Waals surface area contributed by atoms with Gasteiger partial charge in [0.15, 0.2) is 0 Å². The molecular formula is C9H13BrN2. The van der Waals surface area contributed by atoms with E-state index < -0.39 is 0 Å². The van der Waals surface area contributed by atoms with Crippen molar-refractivity contribution < 1.29 is 0 Å². The summed E-state index contributed by atoms with van der Waals surface area (Å²) in [6, 6.07) is 5.96. The molecule has 0 atom stereocenters. The van der Waals surface area contributed by atoms with E-state index in [9.17, 15) is 0 Å². The quantitative estimate of drug-likeness (QED) is 0.633. The van der Waals surface area contributed by atoms with Crippen molar-refractivity contribution in [3.63, 3.8) is 0 Å². The highest BCUT2D eigenvalue weighted by Crippen LogP contribution is 2.05. The summed E-state index contributed by atoms with van der Waals surface area (Å²) in [4.78, 5) is 4.30. The van der Waals surface area contributed by atoms with E-state index in [1.165, 1.54) is 0 Å². The summed E-state index contributed by atoms with van der Waals surface area (Å²) < 4.78 is 0.901. The zero-order chi connectivity index (χ0) is 8.81. The van der Waals surface area contributed by atoms with Crippen molar-refractivity contribution in [1.29, 1.82) is 0 Å². The Morgan fingerprint density at radius 2 is 2.33 bits per heavy atom. The van der Waals surface area contributed by atoms with E-state index >= 15 is 0 Å². The minimum Gasteiger partial charge on any atom is -0.311 e. The summed E-state index contributed by atoms with van der Waals surface area (Å²) >= 11 is 3.33. The summed E-state index contributed by atoms with van der Waals surface area (Å²) in [5, 5.41) is 3.30. The van der Waals surface area contributed by atoms with Gasteiger partial charge >= 0.3 is 0 Å². The molecule has 0 saturated heterocycles. The lowest BCUT2D eigenvalue weighted by Crippen LogP contribution is -2.14. The summed E-state index contributed by atoms with van der Waals surface area (Å²) in [7, 11) is 0. The van der Waals surface area contributed by atoms with Gasteiger partial charge in [0.05, 0.1) is 5.69 Å². The fraction of sp³-hybridized carbons (Fsp3) is 0.444. The molecule has 12 heavy (non-hydrogen) atoms. The Morgan fingerprint density at radius 1 is 1.50 bits per heavy atom. The predicted molar refractivity (Wildman–Crippen MR) is 53.9 cm³/mol. The Bertz CT molecular complexity index is 238. The second-order valence-electron chi connectivity index (χ2n) is 2.63. The third kappa shape index (κ3) is 3.32. The van der Waals surface area contributed by atoms with Gasteiger partial charge in [-0.2, -0.15) is 0 Å². The smallest absolute Gasteiger partial charge is 0.106 e. The van der Waals surface area contributed by atoms with Gasteiger partial charge in [-0.15, -0.1) is 0 Å². The molecule has 3 heteroatoms. The Kier molecular flexibility index (Phi) is 4.25. The molecular weight excluding hydrogens is 216 g/mol. The molecule has 0 radical (unpaired) electrons. The molecule has 0 aliphatic rings. The Morgan fingerprint density at radius 3 is 3.00 bits per heavy atom. The molecule has 0 aromatic carbocycles. The molecule has 0 unspecified atom stereocenters. The van der Waals surface area contributed by atoms with Crippen LogP contribution in [0.4, 0.5) is 0 Å². The van der Waals surface area contributed by atoms with Crippen LogP contribution in [0.25, 0.3) is 0 Å². The molecule has 0 aliphatic heterocycles. The van der Waals surface area contributed by atoms with Crippen molar-refractivity contribution >= 4 is 15.9 Å². The van der Waals surface area contributed by atoms with Gasteiger partial charge in [-0.05, 0) is 41.0 Å². The van der Waals surface area contributed by atoms with Crippen LogP contribution in [-0.4, -0.2) is 11.5 Å². The highest BCUT2D eigenvalue weighted by molar-refractivity contribution is 9.10. The molecule has 0 spiro atoms. The van der Waals surface area contributed by atoms with E-state index in [4.69, 9.17) is 0 Å². The second kappa shape index (κ2) is 5.27. The van der Waals surface area contributed by atoms with Crippen LogP contribution < -0.4 is 5.32 Å². The lowest BCUT2D eigenvalue weighted by atomic mass is 10.3. The first kappa shape index (κ1) is 9.68. The van der Waals surface area contributed by atoms with Gasteiger partial charge in [0.2, 0.25) is 0 Å². The van der Waals surface area contributed by atoms with Crippen LogP contribution in [0.2, 0.25) is 0 Å². The molecule has 1 N–H and O–H groups in total. The first-order chi connectivity index (χ1) is 5.83. The fourth-order valence-electron chi connectivity index (χ4n) is 0.942. The van der Waals surface area contributed by atoms with Crippen LogP contribution >= 0.6 is 15.9 Å². The standard InChI is InChI=1S/C9H13BrN2/c1-2-6-11-7-8-4-3-5-9(10)12-8/h3-5,11H,2,6-7H2,1H3. The Balaban J connectivity index is 2.41. The number of halogens is 1. The number of pyridine rings is 1. The van der Waals surface area contributed by atoms with Gasteiger partial charge in [0.25, 0.3) is 0 Å². The summed E-state index contributed by atoms with van der Waals surface area (Å²) in [6.07, 6.45) is 1.16. The summed E-state index contributed by atoms with van der Waals surface area (Å²) in [6.45, 7) is 4.06. The van der Waals surface area contributed by atoms with E-state index in [1.54, 1.807) is 0 Å². The number of nitrogens with one attached hydrogen (secondary N) is 1. The predicted octanol–water partition coefficient (Wildman–Crippen LogP) is 2.34. The molecule has 1 heterocycles. The van der Waals surface area contributed by atoms with Crippen molar-refractivity contribution in [3.8, 4) is 0 Å². The van der Waals surface area contributed by atoms with E-state index in [1.807, 2.05) is 18.2 Å². The molecule has 0 aliphatic carbocycles. The third-order valence-corrected chi connectivity index (χ3v) is 1.95. The highest BCUT2D eigenvalue weighted by atomic mass is 79.9. The van der Waals surface area contributed by atoms with Crippen molar-refractivity contribution in [3.05, 3.63) is 28.5 Å². The first-order valence-corrected chi connectivity index (χ1v) is 4.94. The van der Waals surface area contributed by atoms with Gasteiger partial charge in [0, 0.05) is 6.54 Å². The van der Waals surface area contributed by atoms with E-state index in [0.29, 0.717) is 0 Å². The number of rotatable bonds is 4. The SMILES string of the molecule is CCCNCc1cccc(Br)n1. The maximum absolute atomic E-state index is 4.30. The zero-order valence-corrected chi connectivity index (χ0v) is 8.76. The first-order valence-electron chi connectivity index (χ1n) is 4.15. The van der Waals surface area contributed by atoms with Crippen LogP contribution in [-0.2, 0) is 6.54 Å². The maximum Gasteiger partial charge on any atom is 0.106 e. The summed E-state index contributed by atoms with van der Waals surface area (Å²) in [5.41, 5.74) is 1.08. The van der Waals surface area contributed by atoms with E-state index in [2.05, 4.69) is 33.2 Å². The number of hydrogen-bond acceptors (Lipinski definition) is 2. The van der Waals surface area contributed by atoms with Crippen LogP contribution in [0.1, 0.15) is 19.0 Å². The zero-order valence-electron chi connectivity index (χ0n) is 7.18. The molecule has 0 fully saturated rings. The number of hydrogen-bond donors (Lipinski definition) is 1. The normalized spacial score (nSPS) is 10.2. The summed E-state index contributed by atoms with van der Waals surface area (Å²) in [5.74, 6) is 0. The van der Waals surface area contributed by atoms with Crippen molar-refractivity contribution in [2.75, 3.05) is 6.54 Å². The Hall–Kier alpha value is -0.410. The monoisotopic (exact) mass is 228 g/mol. The molecule has 2 nitrogen and oxygen atoms in total. The largest absolute Gasteiger partial charge is 0.311 e. The molecule has 1 rings (SSSR count). The van der Waals surface area contributed by atoms with Crippen LogP contribution in [0.15, 0.2) is 22.8 Å². The second-order valence-corrected chi connectivity index (χ2v) is 3.44. The van der Waals surface area contributed by atoms with E-state index in [-0.39, 0.29) is 0 Å². The van der Waals surface area contributed by atoms with Crippen molar-refractivity contribution in [1.82, 2.24) is 10.3 Å². The fourth-order valence-corrected chi connectivity index (χ4v) is 1.32. The van der Waals surface area contributed by atoms with Crippen molar-refractivity contribution in [2.45, 2.75) is 19.9 Å². The highest BCUT2D eigenvalue weighted by Gasteiger charge is 1.93.